The number of hydrogen-bond donors (Lipinski definition) is 1. The SMILES string of the molecule is O=C(NCc1cccc(C(F)(F)F)c1)c1cnccc1Cl. The van der Waals surface area contributed by atoms with Crippen LogP contribution in [0.2, 0.25) is 5.02 Å². The molecule has 0 bridgehead atoms. The second-order valence-corrected chi connectivity index (χ2v) is 4.64. The minimum Gasteiger partial charge on any atom is -0.348 e. The summed E-state index contributed by atoms with van der Waals surface area (Å²) < 4.78 is 37.7. The van der Waals surface area contributed by atoms with Crippen molar-refractivity contribution in [2.75, 3.05) is 0 Å². The molecule has 0 fully saturated rings. The maximum atomic E-state index is 12.6. The Bertz CT molecular complexity index is 659. The van der Waals surface area contributed by atoms with E-state index in [9.17, 15) is 18.0 Å². The molecule has 1 heterocycles. The first-order valence-electron chi connectivity index (χ1n) is 5.92. The predicted octanol–water partition coefficient (Wildman–Crippen LogP) is 3.68. The Morgan fingerprint density at radius 1 is 1.29 bits per heavy atom. The molecule has 1 N–H and O–H groups in total. The Morgan fingerprint density at radius 2 is 2.05 bits per heavy atom. The molecule has 2 aromatic rings. The monoisotopic (exact) mass is 314 g/mol. The van der Waals surface area contributed by atoms with E-state index >= 15 is 0 Å². The normalized spacial score (nSPS) is 11.2. The number of nitrogens with one attached hydrogen (secondary N) is 1. The van der Waals surface area contributed by atoms with Crippen LogP contribution >= 0.6 is 11.6 Å². The molecule has 21 heavy (non-hydrogen) atoms. The molecule has 0 atom stereocenters. The fourth-order valence-corrected chi connectivity index (χ4v) is 1.87. The standard InChI is InChI=1S/C14H10ClF3N2O/c15-12-4-5-19-8-11(12)13(21)20-7-9-2-1-3-10(6-9)14(16,17)18/h1-6,8H,7H2,(H,20,21). The zero-order valence-electron chi connectivity index (χ0n) is 10.6. The van der Waals surface area contributed by atoms with Crippen LogP contribution in [-0.2, 0) is 12.7 Å². The fraction of sp³-hybridized carbons (Fsp3) is 0.143. The van der Waals surface area contributed by atoms with E-state index in [1.54, 1.807) is 0 Å². The molecule has 2 rings (SSSR count). The fourth-order valence-electron chi connectivity index (χ4n) is 1.68. The molecule has 110 valence electrons. The van der Waals surface area contributed by atoms with Crippen LogP contribution < -0.4 is 5.32 Å². The largest absolute Gasteiger partial charge is 0.416 e. The Morgan fingerprint density at radius 3 is 2.71 bits per heavy atom. The topological polar surface area (TPSA) is 42.0 Å². The van der Waals surface area contributed by atoms with E-state index in [0.717, 1.165) is 12.1 Å². The average molecular weight is 315 g/mol. The highest BCUT2D eigenvalue weighted by molar-refractivity contribution is 6.33. The number of carbonyl (C=O) groups is 1. The number of nitrogens with zero attached hydrogens (tertiary/aromatic N) is 1. The van der Waals surface area contributed by atoms with Crippen molar-refractivity contribution in [1.82, 2.24) is 10.3 Å². The van der Waals surface area contributed by atoms with Crippen molar-refractivity contribution in [2.45, 2.75) is 12.7 Å². The molecule has 1 aromatic carbocycles. The lowest BCUT2D eigenvalue weighted by atomic mass is 10.1. The summed E-state index contributed by atoms with van der Waals surface area (Å²) >= 11 is 5.84. The third-order valence-corrected chi connectivity index (χ3v) is 3.05. The van der Waals surface area contributed by atoms with Crippen molar-refractivity contribution in [2.24, 2.45) is 0 Å². The second kappa shape index (κ2) is 6.13. The van der Waals surface area contributed by atoms with Crippen molar-refractivity contribution in [3.63, 3.8) is 0 Å². The third-order valence-electron chi connectivity index (χ3n) is 2.72. The highest BCUT2D eigenvalue weighted by atomic mass is 35.5. The van der Waals surface area contributed by atoms with Gasteiger partial charge in [0.15, 0.2) is 0 Å². The molecule has 0 aliphatic rings. The van der Waals surface area contributed by atoms with Gasteiger partial charge in [0, 0.05) is 18.9 Å². The zero-order valence-corrected chi connectivity index (χ0v) is 11.4. The number of rotatable bonds is 3. The van der Waals surface area contributed by atoms with Crippen LogP contribution in [0.5, 0.6) is 0 Å². The van der Waals surface area contributed by atoms with E-state index in [-0.39, 0.29) is 17.1 Å². The maximum Gasteiger partial charge on any atom is 0.416 e. The van der Waals surface area contributed by atoms with Crippen molar-refractivity contribution < 1.29 is 18.0 Å². The lowest BCUT2D eigenvalue weighted by Crippen LogP contribution is -2.23. The van der Waals surface area contributed by atoms with Crippen LogP contribution in [0.3, 0.4) is 0 Å². The first kappa shape index (κ1) is 15.3. The Hall–Kier alpha value is -2.08. The summed E-state index contributed by atoms with van der Waals surface area (Å²) in [5.41, 5.74) is -0.238. The smallest absolute Gasteiger partial charge is 0.348 e. The molecular weight excluding hydrogens is 305 g/mol. The van der Waals surface area contributed by atoms with Gasteiger partial charge < -0.3 is 5.32 Å². The quantitative estimate of drug-likeness (QED) is 0.939. The van der Waals surface area contributed by atoms with Crippen LogP contribution in [0.25, 0.3) is 0 Å². The maximum absolute atomic E-state index is 12.6. The number of aromatic nitrogens is 1. The van der Waals surface area contributed by atoms with Gasteiger partial charge in [-0.2, -0.15) is 13.2 Å². The van der Waals surface area contributed by atoms with E-state index in [0.29, 0.717) is 5.56 Å². The van der Waals surface area contributed by atoms with Gasteiger partial charge in [-0.15, -0.1) is 0 Å². The van der Waals surface area contributed by atoms with Gasteiger partial charge in [-0.1, -0.05) is 23.7 Å². The second-order valence-electron chi connectivity index (χ2n) is 4.24. The number of hydrogen-bond acceptors (Lipinski definition) is 2. The number of pyridine rings is 1. The minimum atomic E-state index is -4.41. The third kappa shape index (κ3) is 3.95. The number of benzene rings is 1. The van der Waals surface area contributed by atoms with Crippen molar-refractivity contribution in [3.8, 4) is 0 Å². The van der Waals surface area contributed by atoms with Crippen molar-refractivity contribution in [3.05, 3.63) is 64.4 Å². The van der Waals surface area contributed by atoms with Crippen LogP contribution in [0.15, 0.2) is 42.7 Å². The van der Waals surface area contributed by atoms with Gasteiger partial charge >= 0.3 is 6.18 Å². The molecule has 3 nitrogen and oxygen atoms in total. The van der Waals surface area contributed by atoms with Gasteiger partial charge in [-0.05, 0) is 23.8 Å². The van der Waals surface area contributed by atoms with Crippen LogP contribution in [0, 0.1) is 0 Å². The van der Waals surface area contributed by atoms with Gasteiger partial charge in [0.2, 0.25) is 0 Å². The number of halogens is 4. The number of alkyl halides is 3. The van der Waals surface area contributed by atoms with Gasteiger partial charge in [0.1, 0.15) is 0 Å². The van der Waals surface area contributed by atoms with E-state index in [4.69, 9.17) is 11.6 Å². The van der Waals surface area contributed by atoms with Gasteiger partial charge in [-0.3, -0.25) is 9.78 Å². The highest BCUT2D eigenvalue weighted by Gasteiger charge is 2.30. The molecule has 7 heteroatoms. The van der Waals surface area contributed by atoms with E-state index in [1.165, 1.54) is 30.6 Å². The molecule has 0 saturated carbocycles. The summed E-state index contributed by atoms with van der Waals surface area (Å²) in [6, 6.07) is 6.22. The Balaban J connectivity index is 2.07. The molecule has 0 spiro atoms. The van der Waals surface area contributed by atoms with Crippen LogP contribution in [-0.4, -0.2) is 10.9 Å². The Kier molecular flexibility index (Phi) is 4.47. The Labute approximate surface area is 123 Å². The minimum absolute atomic E-state index is 0.0338. The van der Waals surface area contributed by atoms with Crippen molar-refractivity contribution in [1.29, 1.82) is 0 Å². The molecule has 0 radical (unpaired) electrons. The summed E-state index contributed by atoms with van der Waals surface area (Å²) in [5.74, 6) is -0.495. The van der Waals surface area contributed by atoms with Crippen molar-refractivity contribution >= 4 is 17.5 Å². The summed E-state index contributed by atoms with van der Waals surface area (Å²) in [6.07, 6.45) is -1.68. The molecule has 0 unspecified atom stereocenters. The molecule has 0 saturated heterocycles. The molecule has 0 aliphatic carbocycles. The average Bonchev–Trinajstić information content (AvgIpc) is 2.45. The molecular formula is C14H10ClF3N2O. The summed E-state index contributed by atoms with van der Waals surface area (Å²) in [5, 5.41) is 2.73. The lowest BCUT2D eigenvalue weighted by molar-refractivity contribution is -0.137. The van der Waals surface area contributed by atoms with E-state index in [2.05, 4.69) is 10.3 Å². The van der Waals surface area contributed by atoms with E-state index in [1.807, 2.05) is 0 Å². The van der Waals surface area contributed by atoms with Crippen LogP contribution in [0.4, 0.5) is 13.2 Å². The first-order valence-corrected chi connectivity index (χ1v) is 6.29. The molecule has 1 amide bonds. The summed E-state index contributed by atoms with van der Waals surface area (Å²) in [7, 11) is 0. The van der Waals surface area contributed by atoms with Gasteiger partial charge in [-0.25, -0.2) is 0 Å². The summed E-state index contributed by atoms with van der Waals surface area (Å²) in [4.78, 5) is 15.6. The summed E-state index contributed by atoms with van der Waals surface area (Å²) in [6.45, 7) is -0.0338. The van der Waals surface area contributed by atoms with E-state index < -0.39 is 17.6 Å². The predicted molar refractivity (Wildman–Crippen MR) is 71.9 cm³/mol. The number of amides is 1. The lowest BCUT2D eigenvalue weighted by Gasteiger charge is -2.10. The van der Waals surface area contributed by atoms with Gasteiger partial charge in [0.25, 0.3) is 5.91 Å². The molecule has 0 aliphatic heterocycles. The highest BCUT2D eigenvalue weighted by Crippen LogP contribution is 2.29. The van der Waals surface area contributed by atoms with Gasteiger partial charge in [0.05, 0.1) is 16.1 Å². The number of carbonyl (C=O) groups excluding carboxylic acids is 1. The first-order chi connectivity index (χ1) is 9.88. The zero-order chi connectivity index (χ0) is 15.5. The molecule has 1 aromatic heterocycles. The van der Waals surface area contributed by atoms with Crippen LogP contribution in [0.1, 0.15) is 21.5 Å².